The van der Waals surface area contributed by atoms with Crippen molar-refractivity contribution in [1.29, 1.82) is 0 Å². The summed E-state index contributed by atoms with van der Waals surface area (Å²) in [5.41, 5.74) is 1.40. The molecule has 0 spiro atoms. The Morgan fingerprint density at radius 1 is 1.29 bits per heavy atom. The van der Waals surface area contributed by atoms with Gasteiger partial charge in [0.05, 0.1) is 5.69 Å². The molecule has 0 saturated carbocycles. The van der Waals surface area contributed by atoms with Crippen LogP contribution in [0.1, 0.15) is 44.2 Å². The minimum atomic E-state index is 0.140. The number of aromatic nitrogens is 1. The van der Waals surface area contributed by atoms with Crippen molar-refractivity contribution in [2.24, 2.45) is 0 Å². The number of nitrogens with zero attached hydrogens (tertiary/aromatic N) is 2. The van der Waals surface area contributed by atoms with E-state index in [1.165, 1.54) is 41.6 Å². The van der Waals surface area contributed by atoms with Crippen LogP contribution in [0.2, 0.25) is 0 Å². The van der Waals surface area contributed by atoms with Crippen molar-refractivity contribution < 1.29 is 0 Å². The summed E-state index contributed by atoms with van der Waals surface area (Å²) >= 11 is 1.86. The summed E-state index contributed by atoms with van der Waals surface area (Å²) < 4.78 is 0. The van der Waals surface area contributed by atoms with Crippen molar-refractivity contribution in [3.05, 3.63) is 10.6 Å². The van der Waals surface area contributed by atoms with Crippen LogP contribution in [0.15, 0.2) is 0 Å². The Balaban J connectivity index is 2.29. The maximum absolute atomic E-state index is 4.89. The van der Waals surface area contributed by atoms with Crippen molar-refractivity contribution in [3.8, 4) is 0 Å². The fraction of sp³-hybridized carbons (Fsp3) is 0.769. The zero-order valence-corrected chi connectivity index (χ0v) is 12.2. The molecule has 1 aromatic heterocycles. The van der Waals surface area contributed by atoms with Gasteiger partial charge in [-0.3, -0.25) is 0 Å². The molecule has 2 rings (SSSR count). The third-order valence-electron chi connectivity index (χ3n) is 3.11. The average molecular weight is 253 g/mol. The molecule has 96 valence electrons. The van der Waals surface area contributed by atoms with E-state index in [-0.39, 0.29) is 5.41 Å². The zero-order valence-electron chi connectivity index (χ0n) is 11.3. The van der Waals surface area contributed by atoms with Crippen LogP contribution in [0.25, 0.3) is 0 Å². The quantitative estimate of drug-likeness (QED) is 0.898. The molecule has 1 aliphatic rings. The molecule has 2 heterocycles. The molecule has 0 bridgehead atoms. The van der Waals surface area contributed by atoms with Gasteiger partial charge in [-0.1, -0.05) is 20.8 Å². The summed E-state index contributed by atoms with van der Waals surface area (Å²) in [4.78, 5) is 8.71. The van der Waals surface area contributed by atoms with Crippen LogP contribution < -0.4 is 10.2 Å². The summed E-state index contributed by atoms with van der Waals surface area (Å²) in [7, 11) is 2.00. The van der Waals surface area contributed by atoms with Crippen molar-refractivity contribution in [2.45, 2.75) is 45.6 Å². The van der Waals surface area contributed by atoms with E-state index in [9.17, 15) is 0 Å². The van der Waals surface area contributed by atoms with E-state index in [4.69, 9.17) is 4.98 Å². The fourth-order valence-corrected chi connectivity index (χ4v) is 3.58. The predicted octanol–water partition coefficient (Wildman–Crippen LogP) is 2.76. The molecule has 0 aliphatic carbocycles. The van der Waals surface area contributed by atoms with E-state index in [2.05, 4.69) is 31.0 Å². The molecule has 1 fully saturated rings. The lowest BCUT2D eigenvalue weighted by molar-refractivity contribution is 0.563. The lowest BCUT2D eigenvalue weighted by Crippen LogP contribution is -2.19. The second-order valence-corrected chi connectivity index (χ2v) is 6.80. The molecule has 3 nitrogen and oxygen atoms in total. The van der Waals surface area contributed by atoms with E-state index < -0.39 is 0 Å². The SMILES string of the molecule is CNCc1sc(N2CCCC2)nc1C(C)(C)C. The van der Waals surface area contributed by atoms with Gasteiger partial charge in [-0.2, -0.15) is 0 Å². The molecule has 0 aromatic carbocycles. The van der Waals surface area contributed by atoms with E-state index in [1.807, 2.05) is 18.4 Å². The molecule has 0 unspecified atom stereocenters. The molecule has 0 amide bonds. The van der Waals surface area contributed by atoms with Gasteiger partial charge in [0.15, 0.2) is 5.13 Å². The third kappa shape index (κ3) is 2.80. The van der Waals surface area contributed by atoms with Crippen molar-refractivity contribution in [1.82, 2.24) is 10.3 Å². The van der Waals surface area contributed by atoms with Crippen LogP contribution in [0.3, 0.4) is 0 Å². The van der Waals surface area contributed by atoms with Crippen molar-refractivity contribution in [2.75, 3.05) is 25.0 Å². The van der Waals surface area contributed by atoms with Gasteiger partial charge in [-0.05, 0) is 19.9 Å². The summed E-state index contributed by atoms with van der Waals surface area (Å²) in [6.45, 7) is 10.0. The molecule has 1 N–H and O–H groups in total. The number of hydrogen-bond donors (Lipinski definition) is 1. The first-order chi connectivity index (χ1) is 8.02. The summed E-state index contributed by atoms with van der Waals surface area (Å²) in [6.07, 6.45) is 2.62. The van der Waals surface area contributed by atoms with Crippen molar-refractivity contribution in [3.63, 3.8) is 0 Å². The average Bonchev–Trinajstić information content (AvgIpc) is 2.82. The maximum atomic E-state index is 4.89. The number of hydrogen-bond acceptors (Lipinski definition) is 4. The lowest BCUT2D eigenvalue weighted by Gasteiger charge is -2.17. The largest absolute Gasteiger partial charge is 0.348 e. The Morgan fingerprint density at radius 2 is 1.94 bits per heavy atom. The van der Waals surface area contributed by atoms with Gasteiger partial charge in [0.1, 0.15) is 0 Å². The van der Waals surface area contributed by atoms with Crippen LogP contribution >= 0.6 is 11.3 Å². The van der Waals surface area contributed by atoms with Crippen LogP contribution in [0.5, 0.6) is 0 Å². The zero-order chi connectivity index (χ0) is 12.5. The highest BCUT2D eigenvalue weighted by Gasteiger charge is 2.25. The Kier molecular flexibility index (Phi) is 3.73. The van der Waals surface area contributed by atoms with Crippen LogP contribution in [-0.4, -0.2) is 25.1 Å². The molecule has 1 aliphatic heterocycles. The molecule has 0 radical (unpaired) electrons. The normalized spacial score (nSPS) is 16.8. The molecule has 0 atom stereocenters. The van der Waals surface area contributed by atoms with Gasteiger partial charge >= 0.3 is 0 Å². The standard InChI is InChI=1S/C13H23N3S/c1-13(2,3)11-10(9-14-4)17-12(15-11)16-7-5-6-8-16/h14H,5-9H2,1-4H3. The van der Waals surface area contributed by atoms with E-state index >= 15 is 0 Å². The first-order valence-corrected chi connectivity index (χ1v) is 7.24. The highest BCUT2D eigenvalue weighted by atomic mass is 32.1. The molecular formula is C13H23N3S. The Bertz CT molecular complexity index is 373. The molecule has 1 aromatic rings. The molecule has 17 heavy (non-hydrogen) atoms. The highest BCUT2D eigenvalue weighted by Crippen LogP contribution is 2.34. The smallest absolute Gasteiger partial charge is 0.185 e. The van der Waals surface area contributed by atoms with Gasteiger partial charge in [0.25, 0.3) is 0 Å². The van der Waals surface area contributed by atoms with E-state index in [0.29, 0.717) is 0 Å². The van der Waals surface area contributed by atoms with Gasteiger partial charge in [-0.25, -0.2) is 4.98 Å². The van der Waals surface area contributed by atoms with Gasteiger partial charge in [-0.15, -0.1) is 11.3 Å². The summed E-state index contributed by atoms with van der Waals surface area (Å²) in [5, 5.41) is 4.47. The summed E-state index contributed by atoms with van der Waals surface area (Å²) in [5.74, 6) is 0. The highest BCUT2D eigenvalue weighted by molar-refractivity contribution is 7.15. The predicted molar refractivity (Wildman–Crippen MR) is 75.0 cm³/mol. The minimum absolute atomic E-state index is 0.140. The lowest BCUT2D eigenvalue weighted by atomic mass is 9.91. The first kappa shape index (κ1) is 12.8. The Labute approximate surface area is 108 Å². The fourth-order valence-electron chi connectivity index (χ4n) is 2.25. The molecule has 1 saturated heterocycles. The maximum Gasteiger partial charge on any atom is 0.185 e. The summed E-state index contributed by atoms with van der Waals surface area (Å²) in [6, 6.07) is 0. The van der Waals surface area contributed by atoms with Crippen LogP contribution in [0, 0.1) is 0 Å². The van der Waals surface area contributed by atoms with Crippen molar-refractivity contribution >= 4 is 16.5 Å². The van der Waals surface area contributed by atoms with Gasteiger partial charge in [0.2, 0.25) is 0 Å². The topological polar surface area (TPSA) is 28.2 Å². The second-order valence-electron chi connectivity index (χ2n) is 5.74. The number of nitrogens with one attached hydrogen (secondary N) is 1. The third-order valence-corrected chi connectivity index (χ3v) is 4.23. The minimum Gasteiger partial charge on any atom is -0.348 e. The monoisotopic (exact) mass is 253 g/mol. The number of anilines is 1. The van der Waals surface area contributed by atoms with Gasteiger partial charge in [0, 0.05) is 29.9 Å². The molecular weight excluding hydrogens is 230 g/mol. The van der Waals surface area contributed by atoms with E-state index in [1.54, 1.807) is 0 Å². The van der Waals surface area contributed by atoms with Crippen LogP contribution in [-0.2, 0) is 12.0 Å². The number of thiazole rings is 1. The first-order valence-electron chi connectivity index (χ1n) is 6.42. The second kappa shape index (κ2) is 4.94. The van der Waals surface area contributed by atoms with E-state index in [0.717, 1.165) is 6.54 Å². The Morgan fingerprint density at radius 3 is 2.47 bits per heavy atom. The van der Waals surface area contributed by atoms with Gasteiger partial charge < -0.3 is 10.2 Å². The Hall–Kier alpha value is -0.610. The number of rotatable bonds is 3. The van der Waals surface area contributed by atoms with Crippen LogP contribution in [0.4, 0.5) is 5.13 Å². The molecule has 4 heteroatoms.